The van der Waals surface area contributed by atoms with E-state index in [0.29, 0.717) is 29.5 Å². The molecule has 1 aliphatic heterocycles. The summed E-state index contributed by atoms with van der Waals surface area (Å²) in [6.07, 6.45) is 0.757. The van der Waals surface area contributed by atoms with Gasteiger partial charge in [-0.25, -0.2) is 0 Å². The molecule has 0 bridgehead atoms. The van der Waals surface area contributed by atoms with Crippen LogP contribution in [0.3, 0.4) is 0 Å². The van der Waals surface area contributed by atoms with Crippen molar-refractivity contribution in [2.45, 2.75) is 13.0 Å². The highest BCUT2D eigenvalue weighted by Gasteiger charge is 2.21. The Kier molecular flexibility index (Phi) is 3.18. The summed E-state index contributed by atoms with van der Waals surface area (Å²) in [4.78, 5) is 4.64. The fourth-order valence-corrected chi connectivity index (χ4v) is 2.63. The summed E-state index contributed by atoms with van der Waals surface area (Å²) in [5.74, 6) is 6.37. The van der Waals surface area contributed by atoms with Crippen LogP contribution >= 0.6 is 11.6 Å². The number of pyridine rings is 1. The van der Waals surface area contributed by atoms with E-state index in [0.717, 1.165) is 28.8 Å². The van der Waals surface area contributed by atoms with Gasteiger partial charge in [-0.1, -0.05) is 11.6 Å². The highest BCUT2D eigenvalue weighted by molar-refractivity contribution is 6.35. The van der Waals surface area contributed by atoms with E-state index in [1.165, 1.54) is 0 Å². The lowest BCUT2D eigenvalue weighted by molar-refractivity contribution is 0.110. The lowest BCUT2D eigenvalue weighted by Crippen LogP contribution is -2.18. The first kappa shape index (κ1) is 12.5. The van der Waals surface area contributed by atoms with Crippen LogP contribution in [-0.4, -0.2) is 18.7 Å². The van der Waals surface area contributed by atoms with E-state index in [1.807, 2.05) is 6.07 Å². The molecule has 3 rings (SSSR count). The molecule has 1 aromatic heterocycles. The Morgan fingerprint density at radius 1 is 1.47 bits per heavy atom. The van der Waals surface area contributed by atoms with Crippen molar-refractivity contribution in [1.29, 1.82) is 0 Å². The minimum absolute atomic E-state index is 0.494. The second-order valence-corrected chi connectivity index (χ2v) is 4.74. The molecule has 0 fully saturated rings. The first-order valence-corrected chi connectivity index (χ1v) is 6.36. The number of nitrogen functional groups attached to an aromatic ring is 1. The van der Waals surface area contributed by atoms with E-state index >= 15 is 0 Å². The van der Waals surface area contributed by atoms with Gasteiger partial charge < -0.3 is 14.9 Å². The van der Waals surface area contributed by atoms with Gasteiger partial charge in [-0.05, 0) is 12.1 Å². The van der Waals surface area contributed by atoms with E-state index in [-0.39, 0.29) is 0 Å². The van der Waals surface area contributed by atoms with Crippen molar-refractivity contribution in [2.75, 3.05) is 19.1 Å². The van der Waals surface area contributed by atoms with Crippen LogP contribution in [0.25, 0.3) is 10.9 Å². The summed E-state index contributed by atoms with van der Waals surface area (Å²) in [7, 11) is 1.61. The lowest BCUT2D eigenvalue weighted by Gasteiger charge is -2.21. The number of ether oxygens (including phenoxy) is 2. The maximum absolute atomic E-state index is 6.24. The number of hydrogen-bond acceptors (Lipinski definition) is 5. The van der Waals surface area contributed by atoms with Crippen LogP contribution < -0.4 is 16.0 Å². The first-order valence-electron chi connectivity index (χ1n) is 5.98. The van der Waals surface area contributed by atoms with Gasteiger partial charge in [0.15, 0.2) is 0 Å². The Bertz CT molecular complexity index is 646. The quantitative estimate of drug-likeness (QED) is 0.652. The normalized spacial score (nSPS) is 14.3. The minimum Gasteiger partial charge on any atom is -0.496 e. The summed E-state index contributed by atoms with van der Waals surface area (Å²) in [5.41, 5.74) is 6.17. The molecule has 19 heavy (non-hydrogen) atoms. The molecule has 5 nitrogen and oxygen atoms in total. The molecule has 0 saturated carbocycles. The Morgan fingerprint density at radius 2 is 2.32 bits per heavy atom. The Morgan fingerprint density at radius 3 is 3.05 bits per heavy atom. The van der Waals surface area contributed by atoms with Crippen molar-refractivity contribution < 1.29 is 9.47 Å². The van der Waals surface area contributed by atoms with Gasteiger partial charge in [0.25, 0.3) is 0 Å². The molecular weight excluding hydrogens is 266 g/mol. The van der Waals surface area contributed by atoms with Gasteiger partial charge in [-0.2, -0.15) is 0 Å². The maximum atomic E-state index is 6.24. The lowest BCUT2D eigenvalue weighted by atomic mass is 10.0. The highest BCUT2D eigenvalue weighted by Crippen LogP contribution is 2.39. The van der Waals surface area contributed by atoms with Crippen LogP contribution in [0, 0.1) is 0 Å². The zero-order valence-corrected chi connectivity index (χ0v) is 11.3. The zero-order chi connectivity index (χ0) is 13.4. The van der Waals surface area contributed by atoms with Crippen molar-refractivity contribution in [3.63, 3.8) is 0 Å². The van der Waals surface area contributed by atoms with E-state index in [2.05, 4.69) is 10.4 Å². The number of hydrogen-bond donors (Lipinski definition) is 2. The van der Waals surface area contributed by atoms with Gasteiger partial charge in [-0.15, -0.1) is 0 Å². The Hall–Kier alpha value is -1.56. The monoisotopic (exact) mass is 279 g/mol. The fourth-order valence-electron chi connectivity index (χ4n) is 2.43. The average molecular weight is 280 g/mol. The molecule has 0 unspecified atom stereocenters. The number of benzene rings is 1. The van der Waals surface area contributed by atoms with E-state index in [1.54, 1.807) is 13.2 Å². The number of rotatable bonds is 2. The number of anilines is 1. The van der Waals surface area contributed by atoms with Crippen molar-refractivity contribution >= 4 is 28.2 Å². The average Bonchev–Trinajstić information content (AvgIpc) is 2.46. The number of hydrazine groups is 1. The summed E-state index contributed by atoms with van der Waals surface area (Å²) >= 11 is 6.24. The third-order valence-electron chi connectivity index (χ3n) is 3.33. The van der Waals surface area contributed by atoms with Gasteiger partial charge >= 0.3 is 0 Å². The van der Waals surface area contributed by atoms with Gasteiger partial charge in [-0.3, -0.25) is 10.8 Å². The van der Waals surface area contributed by atoms with Gasteiger partial charge in [0.05, 0.1) is 47.6 Å². The number of halogens is 1. The molecule has 1 aliphatic rings. The third-order valence-corrected chi connectivity index (χ3v) is 3.64. The molecule has 2 aromatic rings. The summed E-state index contributed by atoms with van der Waals surface area (Å²) < 4.78 is 10.9. The molecule has 0 amide bonds. The predicted molar refractivity (Wildman–Crippen MR) is 74.5 cm³/mol. The number of methoxy groups -OCH3 is 1. The SMILES string of the molecule is COc1ccc(Cl)c2nc3c(c(NN)c12)COCC3. The van der Waals surface area contributed by atoms with Crippen molar-refractivity contribution in [1.82, 2.24) is 4.98 Å². The molecule has 6 heteroatoms. The van der Waals surface area contributed by atoms with E-state index < -0.39 is 0 Å². The summed E-state index contributed by atoms with van der Waals surface area (Å²) in [6, 6.07) is 3.59. The molecule has 2 heterocycles. The highest BCUT2D eigenvalue weighted by atomic mass is 35.5. The zero-order valence-electron chi connectivity index (χ0n) is 10.5. The van der Waals surface area contributed by atoms with Gasteiger partial charge in [0.1, 0.15) is 5.75 Å². The molecular formula is C13H14ClN3O2. The van der Waals surface area contributed by atoms with E-state index in [4.69, 9.17) is 26.9 Å². The molecule has 0 atom stereocenters. The van der Waals surface area contributed by atoms with Gasteiger partial charge in [0, 0.05) is 12.0 Å². The molecule has 0 saturated heterocycles. The van der Waals surface area contributed by atoms with Crippen LogP contribution in [0.1, 0.15) is 11.3 Å². The molecule has 0 aliphatic carbocycles. The Balaban J connectivity index is 2.42. The van der Waals surface area contributed by atoms with Crippen LogP contribution in [0.2, 0.25) is 5.02 Å². The second-order valence-electron chi connectivity index (χ2n) is 4.33. The number of nitrogens with zero attached hydrogens (tertiary/aromatic N) is 1. The van der Waals surface area contributed by atoms with Crippen molar-refractivity contribution in [3.05, 3.63) is 28.4 Å². The fraction of sp³-hybridized carbons (Fsp3) is 0.308. The second kappa shape index (κ2) is 4.85. The number of nitrogens with one attached hydrogen (secondary N) is 1. The molecule has 3 N–H and O–H groups in total. The predicted octanol–water partition coefficient (Wildman–Crippen LogP) is 2.26. The van der Waals surface area contributed by atoms with Crippen LogP contribution in [0.15, 0.2) is 12.1 Å². The standard InChI is InChI=1S/C13H14ClN3O2/c1-18-10-3-2-8(14)13-11(10)12(17-15)7-6-19-5-4-9(7)16-13/h2-3H,4-6,15H2,1H3,(H,16,17). The molecule has 0 radical (unpaired) electrons. The topological polar surface area (TPSA) is 69.4 Å². The van der Waals surface area contributed by atoms with Crippen molar-refractivity contribution in [2.24, 2.45) is 5.84 Å². The van der Waals surface area contributed by atoms with Crippen LogP contribution in [0.5, 0.6) is 5.75 Å². The van der Waals surface area contributed by atoms with Crippen LogP contribution in [0.4, 0.5) is 5.69 Å². The summed E-state index contributed by atoms with van der Waals surface area (Å²) in [5, 5.41) is 1.38. The molecule has 0 spiro atoms. The van der Waals surface area contributed by atoms with E-state index in [9.17, 15) is 0 Å². The number of nitrogens with two attached hydrogens (primary N) is 1. The Labute approximate surface area is 115 Å². The summed E-state index contributed by atoms with van der Waals surface area (Å²) in [6.45, 7) is 1.16. The van der Waals surface area contributed by atoms with Gasteiger partial charge in [0.2, 0.25) is 0 Å². The first-order chi connectivity index (χ1) is 9.26. The third kappa shape index (κ3) is 1.90. The minimum atomic E-state index is 0.494. The number of aromatic nitrogens is 1. The molecule has 100 valence electrons. The molecule has 1 aromatic carbocycles. The van der Waals surface area contributed by atoms with Crippen molar-refractivity contribution in [3.8, 4) is 5.75 Å². The smallest absolute Gasteiger partial charge is 0.130 e. The largest absolute Gasteiger partial charge is 0.496 e. The van der Waals surface area contributed by atoms with Crippen LogP contribution in [-0.2, 0) is 17.8 Å². The number of fused-ring (bicyclic) bond motifs is 2. The maximum Gasteiger partial charge on any atom is 0.130 e.